The molecule has 5 nitrogen and oxygen atoms in total. The topological polar surface area (TPSA) is 68.0 Å². The highest BCUT2D eigenvalue weighted by Gasteiger charge is 2.29. The van der Waals surface area contributed by atoms with E-state index < -0.39 is 0 Å². The van der Waals surface area contributed by atoms with E-state index >= 15 is 0 Å². The van der Waals surface area contributed by atoms with Gasteiger partial charge in [-0.1, -0.05) is 35.5 Å². The molecule has 1 N–H and O–H groups in total. The summed E-state index contributed by atoms with van der Waals surface area (Å²) in [6.45, 7) is 0. The van der Waals surface area contributed by atoms with E-state index in [9.17, 15) is 4.79 Å². The second-order valence-electron chi connectivity index (χ2n) is 6.64. The summed E-state index contributed by atoms with van der Waals surface area (Å²) in [6.07, 6.45) is 5.66. The predicted molar refractivity (Wildman–Crippen MR) is 102 cm³/mol. The largest absolute Gasteiger partial charge is 0.333 e. The van der Waals surface area contributed by atoms with Crippen molar-refractivity contribution in [3.05, 3.63) is 53.2 Å². The number of thiophene rings is 1. The predicted octanol–water partition coefficient (Wildman–Crippen LogP) is 5.03. The second-order valence-corrected chi connectivity index (χ2v) is 7.55. The van der Waals surface area contributed by atoms with Crippen molar-refractivity contribution in [2.75, 3.05) is 5.32 Å². The number of hydrogen-bond donors (Lipinski definition) is 1. The molecule has 1 amide bonds. The highest BCUT2D eigenvalue weighted by atomic mass is 32.1. The first-order valence-electron chi connectivity index (χ1n) is 9.05. The van der Waals surface area contributed by atoms with Crippen LogP contribution in [0.4, 0.5) is 5.69 Å². The van der Waals surface area contributed by atoms with Gasteiger partial charge in [0.05, 0.1) is 5.69 Å². The molecule has 0 atom stereocenters. The van der Waals surface area contributed by atoms with Crippen molar-refractivity contribution >= 4 is 22.9 Å². The molecule has 1 fully saturated rings. The van der Waals surface area contributed by atoms with E-state index in [1.54, 1.807) is 0 Å². The van der Waals surface area contributed by atoms with E-state index in [0.29, 0.717) is 18.2 Å². The van der Waals surface area contributed by atoms with Gasteiger partial charge in [0.15, 0.2) is 5.82 Å². The highest BCUT2D eigenvalue weighted by Crippen LogP contribution is 2.40. The van der Waals surface area contributed by atoms with Gasteiger partial charge < -0.3 is 9.84 Å². The lowest BCUT2D eigenvalue weighted by molar-refractivity contribution is -0.116. The molecule has 0 saturated heterocycles. The van der Waals surface area contributed by atoms with Crippen molar-refractivity contribution in [3.63, 3.8) is 0 Å². The maximum atomic E-state index is 12.3. The maximum Gasteiger partial charge on any atom is 0.270 e. The summed E-state index contributed by atoms with van der Waals surface area (Å²) in [5.74, 6) is 1.77. The molecule has 1 aromatic carbocycles. The Bertz CT molecular complexity index is 868. The Balaban J connectivity index is 1.28. The first-order valence-corrected chi connectivity index (χ1v) is 9.93. The monoisotopic (exact) mass is 367 g/mol. The van der Waals surface area contributed by atoms with Crippen molar-refractivity contribution in [2.45, 2.75) is 44.4 Å². The molecule has 134 valence electrons. The summed E-state index contributed by atoms with van der Waals surface area (Å²) in [5.41, 5.74) is 2.07. The van der Waals surface area contributed by atoms with Crippen molar-refractivity contribution in [1.82, 2.24) is 10.1 Å². The average molecular weight is 367 g/mol. The summed E-state index contributed by atoms with van der Waals surface area (Å²) in [4.78, 5) is 17.6. The number of carbonyl (C=O) groups excluding carboxylic acids is 1. The summed E-state index contributed by atoms with van der Waals surface area (Å²) in [7, 11) is 0. The second kappa shape index (κ2) is 7.83. The van der Waals surface area contributed by atoms with Crippen LogP contribution in [0.5, 0.6) is 0 Å². The quantitative estimate of drug-likeness (QED) is 0.567. The van der Waals surface area contributed by atoms with Crippen LogP contribution < -0.4 is 5.32 Å². The molecule has 1 saturated carbocycles. The van der Waals surface area contributed by atoms with Crippen molar-refractivity contribution in [2.24, 2.45) is 0 Å². The molecule has 2 aromatic heterocycles. The Labute approximate surface area is 156 Å². The number of anilines is 1. The van der Waals surface area contributed by atoms with E-state index in [4.69, 9.17) is 4.52 Å². The van der Waals surface area contributed by atoms with E-state index in [2.05, 4.69) is 27.6 Å². The number of benzene rings is 1. The molecule has 0 radical (unpaired) electrons. The van der Waals surface area contributed by atoms with Crippen molar-refractivity contribution < 1.29 is 9.32 Å². The summed E-state index contributed by atoms with van der Waals surface area (Å²) in [6, 6.07) is 12.3. The zero-order valence-electron chi connectivity index (χ0n) is 14.5. The SMILES string of the molecule is O=C(CCCCc1ccccc1)Nc1ccsc1-c1nc(C2CC2)no1. The summed E-state index contributed by atoms with van der Waals surface area (Å²) in [5, 5.41) is 8.97. The minimum absolute atomic E-state index is 0.0274. The van der Waals surface area contributed by atoms with Crippen LogP contribution in [-0.2, 0) is 11.2 Å². The van der Waals surface area contributed by atoms with Gasteiger partial charge in [-0.05, 0) is 49.1 Å². The summed E-state index contributed by atoms with van der Waals surface area (Å²) >= 11 is 1.50. The van der Waals surface area contributed by atoms with Gasteiger partial charge in [-0.2, -0.15) is 4.98 Å². The number of amides is 1. The Hall–Kier alpha value is -2.47. The number of rotatable bonds is 8. The van der Waals surface area contributed by atoms with Crippen molar-refractivity contribution in [3.8, 4) is 10.8 Å². The standard InChI is InChI=1S/C20H21N3O2S/c24-17(9-5-4-8-14-6-2-1-3-7-14)21-16-12-13-26-18(16)20-22-19(23-25-20)15-10-11-15/h1-3,6-7,12-13,15H,4-5,8-11H2,(H,21,24). The normalized spacial score (nSPS) is 13.7. The maximum absolute atomic E-state index is 12.3. The molecule has 0 bridgehead atoms. The Morgan fingerprint density at radius 1 is 1.19 bits per heavy atom. The molecule has 3 aromatic rings. The van der Waals surface area contributed by atoms with Gasteiger partial charge in [-0.25, -0.2) is 0 Å². The number of unbranched alkanes of at least 4 members (excludes halogenated alkanes) is 1. The fourth-order valence-electron chi connectivity index (χ4n) is 2.88. The first-order chi connectivity index (χ1) is 12.8. The van der Waals surface area contributed by atoms with Crippen LogP contribution in [0.3, 0.4) is 0 Å². The third-order valence-corrected chi connectivity index (χ3v) is 5.38. The molecule has 0 aliphatic heterocycles. The number of nitrogens with one attached hydrogen (secondary N) is 1. The van der Waals surface area contributed by atoms with Crippen LogP contribution in [0, 0.1) is 0 Å². The minimum atomic E-state index is 0.0274. The van der Waals surface area contributed by atoms with Crippen molar-refractivity contribution in [1.29, 1.82) is 0 Å². The zero-order valence-corrected chi connectivity index (χ0v) is 15.3. The molecule has 1 aliphatic carbocycles. The molecule has 4 rings (SSSR count). The van der Waals surface area contributed by atoms with Crippen LogP contribution in [0.15, 0.2) is 46.3 Å². The Morgan fingerprint density at radius 2 is 2.04 bits per heavy atom. The van der Waals surface area contributed by atoms with Gasteiger partial charge >= 0.3 is 0 Å². The zero-order chi connectivity index (χ0) is 17.8. The van der Waals surface area contributed by atoms with Gasteiger partial charge in [-0.15, -0.1) is 11.3 Å². The number of aryl methyl sites for hydroxylation is 1. The number of hydrogen-bond acceptors (Lipinski definition) is 5. The lowest BCUT2D eigenvalue weighted by atomic mass is 10.1. The van der Waals surface area contributed by atoms with Gasteiger partial charge in [0.25, 0.3) is 5.89 Å². The number of aromatic nitrogens is 2. The van der Waals surface area contributed by atoms with Crippen LogP contribution in [0.2, 0.25) is 0 Å². The van der Waals surface area contributed by atoms with Gasteiger partial charge in [0, 0.05) is 12.3 Å². The lowest BCUT2D eigenvalue weighted by Crippen LogP contribution is -2.11. The van der Waals surface area contributed by atoms with Gasteiger partial charge in [-0.3, -0.25) is 4.79 Å². The van der Waals surface area contributed by atoms with E-state index in [0.717, 1.165) is 48.5 Å². The van der Waals surface area contributed by atoms with Crippen LogP contribution in [0.1, 0.15) is 49.4 Å². The third-order valence-electron chi connectivity index (χ3n) is 4.48. The number of nitrogens with zero attached hydrogens (tertiary/aromatic N) is 2. The fourth-order valence-corrected chi connectivity index (χ4v) is 3.65. The Kier molecular flexibility index (Phi) is 5.11. The van der Waals surface area contributed by atoms with E-state index in [1.165, 1.54) is 16.9 Å². The number of carbonyl (C=O) groups is 1. The lowest BCUT2D eigenvalue weighted by Gasteiger charge is -2.05. The van der Waals surface area contributed by atoms with E-state index in [1.807, 2.05) is 29.6 Å². The Morgan fingerprint density at radius 3 is 2.85 bits per heavy atom. The first kappa shape index (κ1) is 17.0. The minimum Gasteiger partial charge on any atom is -0.333 e. The van der Waals surface area contributed by atoms with Crippen LogP contribution in [0.25, 0.3) is 10.8 Å². The molecule has 6 heteroatoms. The molecule has 0 unspecified atom stereocenters. The summed E-state index contributed by atoms with van der Waals surface area (Å²) < 4.78 is 5.38. The van der Waals surface area contributed by atoms with Gasteiger partial charge in [0.2, 0.25) is 5.91 Å². The average Bonchev–Trinajstić information content (AvgIpc) is 3.21. The smallest absolute Gasteiger partial charge is 0.270 e. The molecule has 1 aliphatic rings. The molecule has 2 heterocycles. The third kappa shape index (κ3) is 4.19. The van der Waals surface area contributed by atoms with E-state index in [-0.39, 0.29) is 5.91 Å². The molecular weight excluding hydrogens is 346 g/mol. The molecular formula is C20H21N3O2S. The highest BCUT2D eigenvalue weighted by molar-refractivity contribution is 7.14. The molecule has 26 heavy (non-hydrogen) atoms. The van der Waals surface area contributed by atoms with Crippen LogP contribution in [-0.4, -0.2) is 16.0 Å². The fraction of sp³-hybridized carbons (Fsp3) is 0.350. The van der Waals surface area contributed by atoms with Crippen LogP contribution >= 0.6 is 11.3 Å². The van der Waals surface area contributed by atoms with Gasteiger partial charge in [0.1, 0.15) is 4.88 Å². The molecule has 0 spiro atoms.